The summed E-state index contributed by atoms with van der Waals surface area (Å²) in [4.78, 5) is 11.6. The zero-order chi connectivity index (χ0) is 10.8. The highest BCUT2D eigenvalue weighted by atomic mass is 16.1. The van der Waals surface area contributed by atoms with Gasteiger partial charge in [0, 0.05) is 0 Å². The summed E-state index contributed by atoms with van der Waals surface area (Å²) < 4.78 is 1.51. The van der Waals surface area contributed by atoms with Gasteiger partial charge in [0.15, 0.2) is 0 Å². The number of aromatic nitrogens is 2. The van der Waals surface area contributed by atoms with Gasteiger partial charge in [-0.25, -0.2) is 4.68 Å². The van der Waals surface area contributed by atoms with Crippen LogP contribution in [0.3, 0.4) is 0 Å². The average Bonchev–Trinajstić information content (AvgIpc) is 2.48. The number of aromatic amines is 1. The maximum atomic E-state index is 11.6. The highest BCUT2D eigenvalue weighted by Gasteiger charge is 2.06. The first-order valence-corrected chi connectivity index (χ1v) is 4.77. The Labute approximate surface area is 87.3 Å². The number of hydrogen-bond donors (Lipinski definition) is 2. The van der Waals surface area contributed by atoms with Gasteiger partial charge in [-0.2, -0.15) is 0 Å². The van der Waals surface area contributed by atoms with Crippen LogP contribution in [0.25, 0.3) is 0 Å². The molecule has 0 spiro atoms. The Kier molecular flexibility index (Phi) is 2.33. The van der Waals surface area contributed by atoms with E-state index in [1.165, 1.54) is 4.68 Å². The van der Waals surface area contributed by atoms with Crippen LogP contribution in [0, 0.1) is 6.92 Å². The molecule has 0 saturated heterocycles. The summed E-state index contributed by atoms with van der Waals surface area (Å²) in [6.07, 6.45) is 0. The highest BCUT2D eigenvalue weighted by molar-refractivity contribution is 5.39. The number of nitrogens with one attached hydrogen (secondary N) is 1. The molecule has 0 aliphatic rings. The van der Waals surface area contributed by atoms with E-state index in [9.17, 15) is 4.79 Å². The molecule has 0 aliphatic heterocycles. The predicted molar refractivity (Wildman–Crippen MR) is 59.7 cm³/mol. The van der Waals surface area contributed by atoms with Gasteiger partial charge in [0.05, 0.1) is 12.2 Å². The topological polar surface area (TPSA) is 63.8 Å². The minimum Gasteiger partial charge on any atom is -0.393 e. The van der Waals surface area contributed by atoms with Gasteiger partial charge in [-0.05, 0) is 12.5 Å². The average molecular weight is 203 g/mol. The van der Waals surface area contributed by atoms with Crippen molar-refractivity contribution < 1.29 is 0 Å². The van der Waals surface area contributed by atoms with E-state index in [0.717, 1.165) is 11.3 Å². The van der Waals surface area contributed by atoms with E-state index < -0.39 is 0 Å². The van der Waals surface area contributed by atoms with E-state index in [-0.39, 0.29) is 5.56 Å². The van der Waals surface area contributed by atoms with Gasteiger partial charge < -0.3 is 5.73 Å². The fourth-order valence-electron chi connectivity index (χ4n) is 1.50. The molecule has 0 aliphatic carbocycles. The second-order valence-corrected chi connectivity index (χ2v) is 3.53. The monoisotopic (exact) mass is 203 g/mol. The molecule has 3 N–H and O–H groups in total. The zero-order valence-corrected chi connectivity index (χ0v) is 8.53. The molecule has 2 aromatic rings. The van der Waals surface area contributed by atoms with Gasteiger partial charge in [0.2, 0.25) is 0 Å². The molecule has 1 aromatic carbocycles. The summed E-state index contributed by atoms with van der Waals surface area (Å²) in [5.41, 5.74) is 7.52. The van der Waals surface area contributed by atoms with Gasteiger partial charge in [-0.15, -0.1) is 0 Å². The van der Waals surface area contributed by atoms with Crippen LogP contribution in [0.4, 0.5) is 5.69 Å². The summed E-state index contributed by atoms with van der Waals surface area (Å²) in [6.45, 7) is 2.32. The summed E-state index contributed by atoms with van der Waals surface area (Å²) in [5.74, 6) is 0. The Morgan fingerprint density at radius 1 is 1.33 bits per heavy atom. The van der Waals surface area contributed by atoms with Crippen molar-refractivity contribution in [3.05, 3.63) is 51.9 Å². The number of hydrogen-bond acceptors (Lipinski definition) is 2. The lowest BCUT2D eigenvalue weighted by molar-refractivity contribution is 0.658. The van der Waals surface area contributed by atoms with Crippen LogP contribution in [0.2, 0.25) is 0 Å². The number of H-pyrrole nitrogens is 1. The number of nitrogen functional groups attached to an aromatic ring is 1. The molecule has 78 valence electrons. The third-order valence-corrected chi connectivity index (χ3v) is 2.37. The van der Waals surface area contributed by atoms with Crippen LogP contribution < -0.4 is 11.3 Å². The van der Waals surface area contributed by atoms with Gasteiger partial charge in [-0.3, -0.25) is 9.89 Å². The van der Waals surface area contributed by atoms with E-state index in [4.69, 9.17) is 5.73 Å². The Bertz CT molecular complexity index is 510. The molecule has 1 heterocycles. The number of benzene rings is 1. The SMILES string of the molecule is Cc1[nH]n(Cc2ccccc2)c(=O)c1N. The van der Waals surface area contributed by atoms with E-state index in [2.05, 4.69) is 5.10 Å². The molecule has 0 bridgehead atoms. The van der Waals surface area contributed by atoms with Crippen LogP contribution in [-0.4, -0.2) is 9.78 Å². The third-order valence-electron chi connectivity index (χ3n) is 2.37. The van der Waals surface area contributed by atoms with Gasteiger partial charge in [-0.1, -0.05) is 30.3 Å². The lowest BCUT2D eigenvalue weighted by Gasteiger charge is -2.00. The second kappa shape index (κ2) is 3.65. The molecule has 2 rings (SSSR count). The number of nitrogens with zero attached hydrogens (tertiary/aromatic N) is 1. The van der Waals surface area contributed by atoms with Crippen molar-refractivity contribution in [2.45, 2.75) is 13.5 Å². The molecule has 0 fully saturated rings. The summed E-state index contributed by atoms with van der Waals surface area (Å²) in [7, 11) is 0. The first-order chi connectivity index (χ1) is 7.18. The minimum atomic E-state index is -0.156. The van der Waals surface area contributed by atoms with Crippen LogP contribution in [0.5, 0.6) is 0 Å². The van der Waals surface area contributed by atoms with Crippen molar-refractivity contribution in [3.8, 4) is 0 Å². The maximum Gasteiger partial charge on any atom is 0.290 e. The molecular formula is C11H13N3O. The van der Waals surface area contributed by atoms with Crippen LogP contribution >= 0.6 is 0 Å². The number of nitrogens with two attached hydrogens (primary N) is 1. The maximum absolute atomic E-state index is 11.6. The fraction of sp³-hybridized carbons (Fsp3) is 0.182. The second-order valence-electron chi connectivity index (χ2n) is 3.53. The van der Waals surface area contributed by atoms with E-state index in [0.29, 0.717) is 12.2 Å². The molecule has 0 atom stereocenters. The number of rotatable bonds is 2. The predicted octanol–water partition coefficient (Wildman–Crippen LogP) is 1.12. The molecule has 0 saturated carbocycles. The third kappa shape index (κ3) is 1.79. The molecule has 15 heavy (non-hydrogen) atoms. The van der Waals surface area contributed by atoms with Crippen molar-refractivity contribution >= 4 is 5.69 Å². The standard InChI is InChI=1S/C11H13N3O/c1-8-10(12)11(15)14(13-8)7-9-5-3-2-4-6-9/h2-6,13H,7,12H2,1H3. The Balaban J connectivity index is 2.33. The summed E-state index contributed by atoms with van der Waals surface area (Å²) in [6, 6.07) is 9.78. The smallest absolute Gasteiger partial charge is 0.290 e. The van der Waals surface area contributed by atoms with Crippen molar-refractivity contribution in [1.29, 1.82) is 0 Å². The van der Waals surface area contributed by atoms with Crippen LogP contribution in [-0.2, 0) is 6.54 Å². The Morgan fingerprint density at radius 3 is 2.53 bits per heavy atom. The van der Waals surface area contributed by atoms with Crippen molar-refractivity contribution in [2.24, 2.45) is 0 Å². The van der Waals surface area contributed by atoms with Crippen LogP contribution in [0.1, 0.15) is 11.3 Å². The van der Waals surface area contributed by atoms with Gasteiger partial charge in [0.25, 0.3) is 5.56 Å². The van der Waals surface area contributed by atoms with Gasteiger partial charge in [0.1, 0.15) is 5.69 Å². The fourth-order valence-corrected chi connectivity index (χ4v) is 1.50. The summed E-state index contributed by atoms with van der Waals surface area (Å²) in [5, 5.41) is 2.94. The molecule has 1 aromatic heterocycles. The van der Waals surface area contributed by atoms with Gasteiger partial charge >= 0.3 is 0 Å². The molecule has 4 nitrogen and oxygen atoms in total. The van der Waals surface area contributed by atoms with Crippen molar-refractivity contribution in [2.75, 3.05) is 5.73 Å². The Morgan fingerprint density at radius 2 is 2.00 bits per heavy atom. The zero-order valence-electron chi connectivity index (χ0n) is 8.53. The molecule has 4 heteroatoms. The lowest BCUT2D eigenvalue weighted by atomic mass is 10.2. The first kappa shape index (κ1) is 9.58. The molecular weight excluding hydrogens is 190 g/mol. The molecule has 0 unspecified atom stereocenters. The van der Waals surface area contributed by atoms with Crippen molar-refractivity contribution in [3.63, 3.8) is 0 Å². The van der Waals surface area contributed by atoms with E-state index in [1.54, 1.807) is 6.92 Å². The first-order valence-electron chi connectivity index (χ1n) is 4.77. The number of aryl methyl sites for hydroxylation is 1. The molecule has 0 amide bonds. The van der Waals surface area contributed by atoms with Crippen LogP contribution in [0.15, 0.2) is 35.1 Å². The lowest BCUT2D eigenvalue weighted by Crippen LogP contribution is -2.19. The largest absolute Gasteiger partial charge is 0.393 e. The number of anilines is 1. The normalized spacial score (nSPS) is 10.5. The Hall–Kier alpha value is -1.97. The highest BCUT2D eigenvalue weighted by Crippen LogP contribution is 2.03. The summed E-state index contributed by atoms with van der Waals surface area (Å²) >= 11 is 0. The van der Waals surface area contributed by atoms with E-state index >= 15 is 0 Å². The van der Waals surface area contributed by atoms with E-state index in [1.807, 2.05) is 30.3 Å². The minimum absolute atomic E-state index is 0.156. The molecule has 0 radical (unpaired) electrons. The quantitative estimate of drug-likeness (QED) is 0.768. The van der Waals surface area contributed by atoms with Crippen molar-refractivity contribution in [1.82, 2.24) is 9.78 Å².